The number of halogens is 1. The van der Waals surface area contributed by atoms with E-state index in [2.05, 4.69) is 35.0 Å². The van der Waals surface area contributed by atoms with E-state index in [0.717, 1.165) is 46.7 Å². The lowest BCUT2D eigenvalue weighted by Crippen LogP contribution is -3.00. The Morgan fingerprint density at radius 3 is 2.56 bits per heavy atom. The average Bonchev–Trinajstić information content (AvgIpc) is 3.26. The average molecular weight is 356 g/mol. The van der Waals surface area contributed by atoms with Crippen molar-refractivity contribution in [2.75, 3.05) is 13.6 Å². The number of fused-ring (bicyclic) bond motifs is 7. The third kappa shape index (κ3) is 1.99. The molecular weight excluding hydrogens is 342 g/mol. The van der Waals surface area contributed by atoms with Crippen LogP contribution in [0.3, 0.4) is 0 Å². The SMILES string of the molecule is [Cl-].c1c2c(cc3c1OCO3)-c1cc3ccc4c(c3c[n+]1CC2)OCO4. The number of benzene rings is 2. The van der Waals surface area contributed by atoms with E-state index in [0.29, 0.717) is 13.6 Å². The molecule has 3 aromatic rings. The van der Waals surface area contributed by atoms with Crippen molar-refractivity contribution in [1.29, 1.82) is 0 Å². The quantitative estimate of drug-likeness (QED) is 0.524. The van der Waals surface area contributed by atoms with E-state index in [-0.39, 0.29) is 12.4 Å². The summed E-state index contributed by atoms with van der Waals surface area (Å²) in [6, 6.07) is 10.5. The van der Waals surface area contributed by atoms with Gasteiger partial charge < -0.3 is 31.4 Å². The molecule has 4 heterocycles. The summed E-state index contributed by atoms with van der Waals surface area (Å²) in [5.74, 6) is 3.35. The second-order valence-electron chi connectivity index (χ2n) is 6.27. The highest BCUT2D eigenvalue weighted by Gasteiger charge is 2.29. The van der Waals surface area contributed by atoms with E-state index in [9.17, 15) is 0 Å². The number of aryl methyl sites for hydroxylation is 2. The second kappa shape index (κ2) is 5.17. The van der Waals surface area contributed by atoms with Gasteiger partial charge in [0, 0.05) is 12.5 Å². The molecule has 6 rings (SSSR count). The minimum absolute atomic E-state index is 0. The molecule has 0 radical (unpaired) electrons. The Morgan fingerprint density at radius 2 is 1.64 bits per heavy atom. The summed E-state index contributed by atoms with van der Waals surface area (Å²) < 4.78 is 24.5. The highest BCUT2D eigenvalue weighted by atomic mass is 35.5. The Labute approximate surface area is 150 Å². The molecule has 0 amide bonds. The van der Waals surface area contributed by atoms with E-state index in [1.807, 2.05) is 6.07 Å². The molecule has 0 aliphatic carbocycles. The maximum atomic E-state index is 5.66. The third-order valence-corrected chi connectivity index (χ3v) is 4.99. The Morgan fingerprint density at radius 1 is 0.840 bits per heavy atom. The fourth-order valence-corrected chi connectivity index (χ4v) is 3.81. The highest BCUT2D eigenvalue weighted by molar-refractivity contribution is 5.92. The summed E-state index contributed by atoms with van der Waals surface area (Å²) in [5.41, 5.74) is 3.71. The van der Waals surface area contributed by atoms with Crippen LogP contribution in [0.25, 0.3) is 22.0 Å². The van der Waals surface area contributed by atoms with Gasteiger partial charge in [0.05, 0.1) is 10.9 Å². The van der Waals surface area contributed by atoms with Crippen molar-refractivity contribution in [2.24, 2.45) is 0 Å². The van der Waals surface area contributed by atoms with Gasteiger partial charge in [-0.15, -0.1) is 0 Å². The normalized spacial score (nSPS) is 15.5. The summed E-state index contributed by atoms with van der Waals surface area (Å²) >= 11 is 0. The van der Waals surface area contributed by atoms with Gasteiger partial charge in [0.1, 0.15) is 0 Å². The largest absolute Gasteiger partial charge is 1.00 e. The van der Waals surface area contributed by atoms with Crippen LogP contribution in [-0.2, 0) is 13.0 Å². The maximum Gasteiger partial charge on any atom is 0.231 e. The van der Waals surface area contributed by atoms with Crippen LogP contribution >= 0.6 is 0 Å². The standard InChI is InChI=1S/C19H14NO4.ClH/c1-2-16-19(24-10-21-16)14-8-20-4-3-12-6-17-18(23-9-22-17)7-13(12)15(20)5-11(1)14;/h1-2,5-8H,3-4,9-10H2;1H/q+1;/p-1. The van der Waals surface area contributed by atoms with Crippen LogP contribution < -0.4 is 35.9 Å². The summed E-state index contributed by atoms with van der Waals surface area (Å²) in [4.78, 5) is 0. The molecule has 126 valence electrons. The van der Waals surface area contributed by atoms with Crippen molar-refractivity contribution in [3.8, 4) is 34.3 Å². The van der Waals surface area contributed by atoms with Gasteiger partial charge in [-0.3, -0.25) is 0 Å². The molecule has 3 aliphatic heterocycles. The molecule has 0 N–H and O–H groups in total. The number of nitrogens with zero attached hydrogens (tertiary/aromatic N) is 1. The van der Waals surface area contributed by atoms with Gasteiger partial charge in [-0.05, 0) is 35.2 Å². The van der Waals surface area contributed by atoms with E-state index in [4.69, 9.17) is 18.9 Å². The molecule has 0 bridgehead atoms. The van der Waals surface area contributed by atoms with Gasteiger partial charge in [-0.2, -0.15) is 4.57 Å². The van der Waals surface area contributed by atoms with Crippen molar-refractivity contribution in [3.63, 3.8) is 0 Å². The van der Waals surface area contributed by atoms with Crippen molar-refractivity contribution in [1.82, 2.24) is 0 Å². The molecule has 1 aromatic heterocycles. The lowest BCUT2D eigenvalue weighted by molar-refractivity contribution is -0.686. The molecule has 0 unspecified atom stereocenters. The van der Waals surface area contributed by atoms with E-state index in [1.54, 1.807) is 0 Å². The van der Waals surface area contributed by atoms with E-state index >= 15 is 0 Å². The van der Waals surface area contributed by atoms with Gasteiger partial charge in [0.15, 0.2) is 35.7 Å². The zero-order chi connectivity index (χ0) is 15.7. The summed E-state index contributed by atoms with van der Waals surface area (Å²) in [6.07, 6.45) is 3.15. The first kappa shape index (κ1) is 14.7. The number of pyridine rings is 1. The maximum absolute atomic E-state index is 5.66. The number of aromatic nitrogens is 1. The Bertz CT molecular complexity index is 1030. The van der Waals surface area contributed by atoms with Gasteiger partial charge in [-0.1, -0.05) is 0 Å². The zero-order valence-electron chi connectivity index (χ0n) is 13.3. The highest BCUT2D eigenvalue weighted by Crippen LogP contribution is 2.42. The first-order valence-electron chi connectivity index (χ1n) is 8.05. The van der Waals surface area contributed by atoms with Crippen LogP contribution in [0.4, 0.5) is 0 Å². The third-order valence-electron chi connectivity index (χ3n) is 4.99. The molecule has 0 fully saturated rings. The second-order valence-corrected chi connectivity index (χ2v) is 6.27. The molecule has 3 aliphatic rings. The topological polar surface area (TPSA) is 40.8 Å². The molecular formula is C19H14ClNO4. The molecule has 2 aromatic carbocycles. The number of rotatable bonds is 0. The van der Waals surface area contributed by atoms with Gasteiger partial charge >= 0.3 is 0 Å². The van der Waals surface area contributed by atoms with Crippen molar-refractivity contribution in [3.05, 3.63) is 42.1 Å². The smallest absolute Gasteiger partial charge is 0.231 e. The van der Waals surface area contributed by atoms with Crippen LogP contribution in [0, 0.1) is 0 Å². The van der Waals surface area contributed by atoms with Crippen LogP contribution in [0.5, 0.6) is 23.0 Å². The number of hydrogen-bond acceptors (Lipinski definition) is 4. The molecule has 0 spiro atoms. The lowest BCUT2D eigenvalue weighted by atomic mass is 9.95. The van der Waals surface area contributed by atoms with Gasteiger partial charge in [-0.25, -0.2) is 0 Å². The van der Waals surface area contributed by atoms with Crippen LogP contribution in [0.2, 0.25) is 0 Å². The molecule has 25 heavy (non-hydrogen) atoms. The Kier molecular flexibility index (Phi) is 3.03. The predicted molar refractivity (Wildman–Crippen MR) is 85.5 cm³/mol. The first-order valence-corrected chi connectivity index (χ1v) is 8.05. The Balaban J connectivity index is 0.00000140. The van der Waals surface area contributed by atoms with Crippen LogP contribution in [0.1, 0.15) is 5.56 Å². The number of hydrogen-bond donors (Lipinski definition) is 0. The summed E-state index contributed by atoms with van der Waals surface area (Å²) in [7, 11) is 0. The molecule has 5 nitrogen and oxygen atoms in total. The van der Waals surface area contributed by atoms with Gasteiger partial charge in [0.25, 0.3) is 0 Å². The zero-order valence-corrected chi connectivity index (χ0v) is 14.0. The van der Waals surface area contributed by atoms with Gasteiger partial charge in [0.2, 0.25) is 19.3 Å². The molecule has 0 atom stereocenters. The minimum atomic E-state index is 0. The minimum Gasteiger partial charge on any atom is -1.00 e. The fraction of sp³-hybridized carbons (Fsp3) is 0.211. The van der Waals surface area contributed by atoms with Crippen molar-refractivity contribution < 1.29 is 35.9 Å². The summed E-state index contributed by atoms with van der Waals surface area (Å²) in [5, 5.41) is 2.24. The fourth-order valence-electron chi connectivity index (χ4n) is 3.81. The predicted octanol–water partition coefficient (Wildman–Crippen LogP) is -0.188. The lowest BCUT2D eigenvalue weighted by Gasteiger charge is -2.16. The first-order chi connectivity index (χ1) is 11.9. The monoisotopic (exact) mass is 355 g/mol. The molecule has 6 heteroatoms. The van der Waals surface area contributed by atoms with Crippen LogP contribution in [0.15, 0.2) is 36.5 Å². The molecule has 0 saturated heterocycles. The summed E-state index contributed by atoms with van der Waals surface area (Å²) in [6.45, 7) is 1.53. The van der Waals surface area contributed by atoms with Crippen LogP contribution in [-0.4, -0.2) is 13.6 Å². The number of ether oxygens (including phenoxy) is 4. The van der Waals surface area contributed by atoms with E-state index in [1.165, 1.54) is 16.8 Å². The van der Waals surface area contributed by atoms with E-state index < -0.39 is 0 Å². The molecule has 0 saturated carbocycles. The van der Waals surface area contributed by atoms with Crippen molar-refractivity contribution >= 4 is 10.8 Å². The Hall–Kier alpha value is -2.66. The van der Waals surface area contributed by atoms with Crippen molar-refractivity contribution in [2.45, 2.75) is 13.0 Å².